The second-order valence-electron chi connectivity index (χ2n) is 7.62. The smallest absolute Gasteiger partial charge is 0.251 e. The van der Waals surface area contributed by atoms with E-state index in [1.807, 2.05) is 5.38 Å². The molecule has 160 valence electrons. The fraction of sp³-hybridized carbons (Fsp3) is 0.500. The standard InChI is InChI=1S/C20H28FN3O3S2/c1-6-24(7-2)29(26,27)16-12-14(8-9-15(16)21)19(25)22-11-10-18-23-17(13-28-18)20(3,4)5/h8-9,12-13H,6-7,10-11H2,1-5H3,(H,22,25). The highest BCUT2D eigenvalue weighted by atomic mass is 32.2. The molecule has 1 heterocycles. The molecule has 1 N–H and O–H groups in total. The zero-order chi connectivity index (χ0) is 21.8. The first-order valence-corrected chi connectivity index (χ1v) is 11.9. The predicted octanol–water partition coefficient (Wildman–Crippen LogP) is 3.58. The van der Waals surface area contributed by atoms with E-state index >= 15 is 0 Å². The summed E-state index contributed by atoms with van der Waals surface area (Å²) in [7, 11) is -3.99. The molecule has 0 unspecified atom stereocenters. The van der Waals surface area contributed by atoms with E-state index in [1.165, 1.54) is 6.07 Å². The number of thiazole rings is 1. The van der Waals surface area contributed by atoms with E-state index in [0.29, 0.717) is 13.0 Å². The number of hydrogen-bond donors (Lipinski definition) is 1. The van der Waals surface area contributed by atoms with Gasteiger partial charge in [-0.2, -0.15) is 4.31 Å². The lowest BCUT2D eigenvalue weighted by atomic mass is 9.93. The van der Waals surface area contributed by atoms with Gasteiger partial charge in [0.2, 0.25) is 10.0 Å². The van der Waals surface area contributed by atoms with Gasteiger partial charge in [0.15, 0.2) is 0 Å². The Morgan fingerprint density at radius 1 is 1.24 bits per heavy atom. The maximum absolute atomic E-state index is 14.2. The van der Waals surface area contributed by atoms with Crippen LogP contribution in [0.1, 0.15) is 55.7 Å². The Morgan fingerprint density at radius 3 is 2.45 bits per heavy atom. The number of rotatable bonds is 8. The van der Waals surface area contributed by atoms with Crippen molar-refractivity contribution in [2.24, 2.45) is 0 Å². The van der Waals surface area contributed by atoms with E-state index in [2.05, 4.69) is 31.1 Å². The lowest BCUT2D eigenvalue weighted by molar-refractivity contribution is 0.0954. The summed E-state index contributed by atoms with van der Waals surface area (Å²) in [5, 5.41) is 5.68. The Bertz CT molecular complexity index is 962. The molecule has 29 heavy (non-hydrogen) atoms. The van der Waals surface area contributed by atoms with Crippen molar-refractivity contribution in [3.8, 4) is 0 Å². The molecule has 0 aliphatic rings. The van der Waals surface area contributed by atoms with Crippen molar-refractivity contribution in [3.63, 3.8) is 0 Å². The van der Waals surface area contributed by atoms with Crippen molar-refractivity contribution in [1.82, 2.24) is 14.6 Å². The van der Waals surface area contributed by atoms with Crippen LogP contribution in [0, 0.1) is 5.82 Å². The molecule has 0 aliphatic heterocycles. The summed E-state index contributed by atoms with van der Waals surface area (Å²) in [5.41, 5.74) is 1.08. The van der Waals surface area contributed by atoms with Crippen LogP contribution in [-0.2, 0) is 21.9 Å². The van der Waals surface area contributed by atoms with Gasteiger partial charge in [-0.25, -0.2) is 17.8 Å². The van der Waals surface area contributed by atoms with Crippen molar-refractivity contribution < 1.29 is 17.6 Å². The molecule has 1 aromatic carbocycles. The molecular weight excluding hydrogens is 413 g/mol. The highest BCUT2D eigenvalue weighted by molar-refractivity contribution is 7.89. The van der Waals surface area contributed by atoms with Crippen LogP contribution < -0.4 is 5.32 Å². The van der Waals surface area contributed by atoms with Crippen molar-refractivity contribution in [1.29, 1.82) is 0 Å². The molecule has 0 atom stereocenters. The number of nitrogens with one attached hydrogen (secondary N) is 1. The molecule has 0 spiro atoms. The van der Waals surface area contributed by atoms with Crippen molar-refractivity contribution >= 4 is 27.3 Å². The van der Waals surface area contributed by atoms with Crippen LogP contribution in [0.2, 0.25) is 0 Å². The van der Waals surface area contributed by atoms with E-state index in [4.69, 9.17) is 0 Å². The van der Waals surface area contributed by atoms with Gasteiger partial charge < -0.3 is 5.32 Å². The Morgan fingerprint density at radius 2 is 1.90 bits per heavy atom. The largest absolute Gasteiger partial charge is 0.352 e. The van der Waals surface area contributed by atoms with Crippen LogP contribution >= 0.6 is 11.3 Å². The summed E-state index contributed by atoms with van der Waals surface area (Å²) in [5.74, 6) is -1.32. The number of benzene rings is 1. The minimum absolute atomic E-state index is 0.0289. The average molecular weight is 442 g/mol. The quantitative estimate of drug-likeness (QED) is 0.679. The maximum atomic E-state index is 14.2. The van der Waals surface area contributed by atoms with E-state index in [1.54, 1.807) is 25.2 Å². The van der Waals surface area contributed by atoms with Crippen LogP contribution in [0.3, 0.4) is 0 Å². The average Bonchev–Trinajstić information content (AvgIpc) is 3.12. The van der Waals surface area contributed by atoms with Crippen LogP contribution in [0.4, 0.5) is 4.39 Å². The normalized spacial score (nSPS) is 12.4. The van der Waals surface area contributed by atoms with Crippen LogP contribution in [0.15, 0.2) is 28.5 Å². The number of amides is 1. The van der Waals surface area contributed by atoms with E-state index in [0.717, 1.165) is 27.1 Å². The predicted molar refractivity (Wildman–Crippen MR) is 113 cm³/mol. The molecule has 0 saturated heterocycles. The van der Waals surface area contributed by atoms with E-state index in [-0.39, 0.29) is 24.1 Å². The molecule has 0 radical (unpaired) electrons. The number of aromatic nitrogens is 1. The lowest BCUT2D eigenvalue weighted by Gasteiger charge is -2.19. The molecule has 2 aromatic rings. The molecule has 0 aliphatic carbocycles. The van der Waals surface area contributed by atoms with Gasteiger partial charge in [-0.3, -0.25) is 4.79 Å². The number of sulfonamides is 1. The second kappa shape index (κ2) is 9.32. The number of hydrogen-bond acceptors (Lipinski definition) is 5. The fourth-order valence-corrected chi connectivity index (χ4v) is 5.27. The van der Waals surface area contributed by atoms with Gasteiger partial charge in [-0.05, 0) is 18.2 Å². The Balaban J connectivity index is 2.09. The minimum Gasteiger partial charge on any atom is -0.352 e. The first-order valence-electron chi connectivity index (χ1n) is 9.53. The lowest BCUT2D eigenvalue weighted by Crippen LogP contribution is -2.32. The highest BCUT2D eigenvalue weighted by Crippen LogP contribution is 2.24. The molecular formula is C20H28FN3O3S2. The Hall–Kier alpha value is -1.84. The van der Waals surface area contributed by atoms with E-state index < -0.39 is 26.6 Å². The molecule has 0 saturated carbocycles. The third-order valence-electron chi connectivity index (χ3n) is 4.46. The number of carbonyl (C=O) groups excluding carboxylic acids is 1. The third-order valence-corrected chi connectivity index (χ3v) is 7.43. The van der Waals surface area contributed by atoms with Crippen molar-refractivity contribution in [3.05, 3.63) is 45.7 Å². The fourth-order valence-electron chi connectivity index (χ4n) is 2.70. The summed E-state index contributed by atoms with van der Waals surface area (Å²) in [4.78, 5) is 16.5. The first kappa shape index (κ1) is 23.4. The highest BCUT2D eigenvalue weighted by Gasteiger charge is 2.26. The van der Waals surface area contributed by atoms with Gasteiger partial charge >= 0.3 is 0 Å². The SMILES string of the molecule is CCN(CC)S(=O)(=O)c1cc(C(=O)NCCc2nc(C(C)(C)C)cs2)ccc1F. The van der Waals surface area contributed by atoms with Gasteiger partial charge in [0.25, 0.3) is 5.91 Å². The molecule has 6 nitrogen and oxygen atoms in total. The molecule has 9 heteroatoms. The van der Waals surface area contributed by atoms with Gasteiger partial charge in [-0.15, -0.1) is 11.3 Å². The summed E-state index contributed by atoms with van der Waals surface area (Å²) in [6.07, 6.45) is 0.568. The number of halogens is 1. The van der Waals surface area contributed by atoms with Crippen LogP contribution in [-0.4, -0.2) is 43.2 Å². The molecule has 1 amide bonds. The van der Waals surface area contributed by atoms with Gasteiger partial charge in [0, 0.05) is 42.4 Å². The van der Waals surface area contributed by atoms with Gasteiger partial charge in [-0.1, -0.05) is 34.6 Å². The summed E-state index contributed by atoms with van der Waals surface area (Å²) in [6, 6.07) is 3.40. The Labute approximate surface area is 176 Å². The third kappa shape index (κ3) is 5.61. The summed E-state index contributed by atoms with van der Waals surface area (Å²) < 4.78 is 40.6. The molecule has 2 rings (SSSR count). The maximum Gasteiger partial charge on any atom is 0.251 e. The minimum atomic E-state index is -3.99. The molecule has 0 bridgehead atoms. The second-order valence-corrected chi connectivity index (χ2v) is 10.5. The van der Waals surface area contributed by atoms with Gasteiger partial charge in [0.1, 0.15) is 10.7 Å². The topological polar surface area (TPSA) is 79.4 Å². The number of carbonyl (C=O) groups is 1. The zero-order valence-corrected chi connectivity index (χ0v) is 19.1. The zero-order valence-electron chi connectivity index (χ0n) is 17.5. The van der Waals surface area contributed by atoms with Crippen molar-refractivity contribution in [2.75, 3.05) is 19.6 Å². The summed E-state index contributed by atoms with van der Waals surface area (Å²) in [6.45, 7) is 10.4. The molecule has 0 fully saturated rings. The van der Waals surface area contributed by atoms with E-state index in [9.17, 15) is 17.6 Å². The van der Waals surface area contributed by atoms with Crippen LogP contribution in [0.5, 0.6) is 0 Å². The first-order chi connectivity index (χ1) is 13.5. The summed E-state index contributed by atoms with van der Waals surface area (Å²) >= 11 is 1.54. The monoisotopic (exact) mass is 441 g/mol. The van der Waals surface area contributed by atoms with Crippen LogP contribution in [0.25, 0.3) is 0 Å². The van der Waals surface area contributed by atoms with Crippen molar-refractivity contribution in [2.45, 2.75) is 51.3 Å². The molecule has 1 aromatic heterocycles. The van der Waals surface area contributed by atoms with Gasteiger partial charge in [0.05, 0.1) is 10.7 Å². The Kier molecular flexibility index (Phi) is 7.53. The number of nitrogens with zero attached hydrogens (tertiary/aromatic N) is 2.